The van der Waals surface area contributed by atoms with Gasteiger partial charge in [-0.05, 0) is 36.4 Å². The van der Waals surface area contributed by atoms with Crippen LogP contribution in [0.1, 0.15) is 15.9 Å². The first kappa shape index (κ1) is 15.1. The quantitative estimate of drug-likeness (QED) is 0.854. The molecule has 2 aromatic carbocycles. The van der Waals surface area contributed by atoms with Gasteiger partial charge in [-0.1, -0.05) is 12.1 Å². The van der Waals surface area contributed by atoms with Crippen LogP contribution in [0.15, 0.2) is 53.4 Å². The number of carbonyl (C=O) groups excluding carboxylic acids is 1. The Morgan fingerprint density at radius 3 is 2.43 bits per heavy atom. The molecular weight excluding hydrogens is 316 g/mol. The number of nitriles is 1. The van der Waals surface area contributed by atoms with E-state index in [0.717, 1.165) is 4.31 Å². The van der Waals surface area contributed by atoms with E-state index in [1.54, 1.807) is 36.4 Å². The maximum Gasteiger partial charge on any atom is 0.269 e. The molecule has 1 heterocycles. The van der Waals surface area contributed by atoms with Crippen molar-refractivity contribution < 1.29 is 17.9 Å². The van der Waals surface area contributed by atoms with Crippen LogP contribution in [0.2, 0.25) is 0 Å². The zero-order chi connectivity index (χ0) is 16.4. The Morgan fingerprint density at radius 1 is 1.09 bits per heavy atom. The lowest BCUT2D eigenvalue weighted by molar-refractivity contribution is 0.0857. The lowest BCUT2D eigenvalue weighted by Gasteiger charge is -2.15. The molecule has 0 radical (unpaired) electrons. The van der Waals surface area contributed by atoms with Gasteiger partial charge in [-0.3, -0.25) is 4.79 Å². The van der Waals surface area contributed by atoms with Gasteiger partial charge in [0.05, 0.1) is 23.7 Å². The van der Waals surface area contributed by atoms with E-state index < -0.39 is 15.9 Å². The zero-order valence-electron chi connectivity index (χ0n) is 12.0. The minimum Gasteiger partial charge on any atom is -0.492 e. The first-order chi connectivity index (χ1) is 11.0. The fourth-order valence-corrected chi connectivity index (χ4v) is 3.88. The molecule has 0 fully saturated rings. The van der Waals surface area contributed by atoms with E-state index in [1.165, 1.54) is 12.1 Å². The number of rotatable bonds is 4. The van der Waals surface area contributed by atoms with Gasteiger partial charge in [0.2, 0.25) is 0 Å². The van der Waals surface area contributed by atoms with E-state index in [9.17, 15) is 13.2 Å². The van der Waals surface area contributed by atoms with Crippen molar-refractivity contribution >= 4 is 15.9 Å². The Morgan fingerprint density at radius 2 is 1.78 bits per heavy atom. The third kappa shape index (κ3) is 2.64. The summed E-state index contributed by atoms with van der Waals surface area (Å²) in [4.78, 5) is 12.2. The van der Waals surface area contributed by atoms with E-state index in [4.69, 9.17) is 10.00 Å². The van der Waals surface area contributed by atoms with Gasteiger partial charge in [-0.2, -0.15) is 5.26 Å². The Hall–Kier alpha value is -2.85. The molecule has 7 heteroatoms. The summed E-state index contributed by atoms with van der Waals surface area (Å²) in [6, 6.07) is 14.6. The van der Waals surface area contributed by atoms with Gasteiger partial charge in [-0.25, -0.2) is 12.7 Å². The average molecular weight is 328 g/mol. The molecule has 0 atom stereocenters. The van der Waals surface area contributed by atoms with Gasteiger partial charge in [0, 0.05) is 0 Å². The number of hydrogen-bond donors (Lipinski definition) is 0. The summed E-state index contributed by atoms with van der Waals surface area (Å²) in [5, 5.41) is 8.72. The molecule has 0 aliphatic carbocycles. The van der Waals surface area contributed by atoms with Crippen LogP contribution < -0.4 is 4.74 Å². The third-order valence-corrected chi connectivity index (χ3v) is 5.30. The minimum atomic E-state index is -3.80. The van der Waals surface area contributed by atoms with Crippen LogP contribution >= 0.6 is 0 Å². The van der Waals surface area contributed by atoms with Crippen LogP contribution in [0.25, 0.3) is 0 Å². The molecule has 1 amide bonds. The molecule has 116 valence electrons. The zero-order valence-corrected chi connectivity index (χ0v) is 12.8. The smallest absolute Gasteiger partial charge is 0.269 e. The summed E-state index contributed by atoms with van der Waals surface area (Å²) in [5.41, 5.74) is 0.691. The molecule has 1 aliphatic heterocycles. The second-order valence-electron chi connectivity index (χ2n) is 4.86. The maximum absolute atomic E-state index is 12.3. The van der Waals surface area contributed by atoms with Crippen LogP contribution in [0.5, 0.6) is 5.75 Å². The van der Waals surface area contributed by atoms with E-state index in [1.807, 2.05) is 6.07 Å². The molecule has 0 N–H and O–H groups in total. The lowest BCUT2D eigenvalue weighted by atomic mass is 10.2. The highest BCUT2D eigenvalue weighted by atomic mass is 32.2. The summed E-state index contributed by atoms with van der Waals surface area (Å²) in [7, 11) is -3.80. The van der Waals surface area contributed by atoms with Crippen molar-refractivity contribution in [2.45, 2.75) is 4.90 Å². The van der Waals surface area contributed by atoms with Crippen molar-refractivity contribution in [3.05, 3.63) is 59.7 Å². The highest BCUT2D eigenvalue weighted by molar-refractivity contribution is 7.90. The number of benzene rings is 2. The molecule has 0 spiro atoms. The fourth-order valence-electron chi connectivity index (χ4n) is 2.32. The molecule has 0 aromatic heterocycles. The van der Waals surface area contributed by atoms with E-state index in [2.05, 4.69) is 0 Å². The van der Waals surface area contributed by atoms with Gasteiger partial charge in [-0.15, -0.1) is 0 Å². The van der Waals surface area contributed by atoms with Crippen molar-refractivity contribution in [1.29, 1.82) is 5.26 Å². The standard InChI is InChI=1S/C16H12N2O4S/c17-11-12-5-7-13(8-6-12)22-10-9-18-16(19)14-3-1-2-4-15(14)23(18,20)21/h1-8H,9-10H2. The van der Waals surface area contributed by atoms with E-state index in [-0.39, 0.29) is 23.6 Å². The summed E-state index contributed by atoms with van der Waals surface area (Å²) in [6.45, 7) is -0.0410. The number of ether oxygens (including phenoxy) is 1. The molecular formula is C16H12N2O4S. The van der Waals surface area contributed by atoms with Crippen molar-refractivity contribution in [2.24, 2.45) is 0 Å². The maximum atomic E-state index is 12.3. The molecule has 6 nitrogen and oxygen atoms in total. The Balaban J connectivity index is 1.69. The minimum absolute atomic E-state index is 0.0309. The average Bonchev–Trinajstić information content (AvgIpc) is 2.76. The Bertz CT molecular complexity index is 898. The van der Waals surface area contributed by atoms with Crippen LogP contribution in [0, 0.1) is 11.3 Å². The Kier molecular flexibility index (Phi) is 3.76. The molecule has 0 bridgehead atoms. The fraction of sp³-hybridized carbons (Fsp3) is 0.125. The third-order valence-electron chi connectivity index (χ3n) is 3.46. The predicted octanol–water partition coefficient (Wildman–Crippen LogP) is 1.78. The monoisotopic (exact) mass is 328 g/mol. The second kappa shape index (κ2) is 5.74. The summed E-state index contributed by atoms with van der Waals surface area (Å²) in [5.74, 6) is -0.0328. The number of fused-ring (bicyclic) bond motifs is 1. The van der Waals surface area contributed by atoms with Crippen molar-refractivity contribution in [1.82, 2.24) is 4.31 Å². The Labute approximate surface area is 133 Å². The first-order valence-corrected chi connectivity index (χ1v) is 8.27. The summed E-state index contributed by atoms with van der Waals surface area (Å²) < 4.78 is 30.9. The number of sulfonamides is 1. The largest absolute Gasteiger partial charge is 0.492 e. The van der Waals surface area contributed by atoms with E-state index in [0.29, 0.717) is 11.3 Å². The normalized spacial score (nSPS) is 15.1. The first-order valence-electron chi connectivity index (χ1n) is 6.83. The van der Waals surface area contributed by atoms with Crippen LogP contribution in [0.4, 0.5) is 0 Å². The number of carbonyl (C=O) groups is 1. The molecule has 23 heavy (non-hydrogen) atoms. The van der Waals surface area contributed by atoms with Gasteiger partial charge < -0.3 is 4.74 Å². The van der Waals surface area contributed by atoms with Crippen LogP contribution in [-0.4, -0.2) is 31.8 Å². The molecule has 2 aromatic rings. The molecule has 0 saturated heterocycles. The van der Waals surface area contributed by atoms with Gasteiger partial charge in [0.25, 0.3) is 15.9 Å². The SMILES string of the molecule is N#Cc1ccc(OCCN2C(=O)c3ccccc3S2(=O)=O)cc1. The summed E-state index contributed by atoms with van der Waals surface area (Å²) >= 11 is 0. The number of amides is 1. The lowest BCUT2D eigenvalue weighted by Crippen LogP contribution is -2.33. The predicted molar refractivity (Wildman–Crippen MR) is 81.3 cm³/mol. The van der Waals surface area contributed by atoms with Crippen LogP contribution in [0.3, 0.4) is 0 Å². The van der Waals surface area contributed by atoms with Crippen LogP contribution in [-0.2, 0) is 10.0 Å². The molecule has 0 saturated carbocycles. The molecule has 1 aliphatic rings. The molecule has 0 unspecified atom stereocenters. The molecule has 3 rings (SSSR count). The van der Waals surface area contributed by atoms with Crippen molar-refractivity contribution in [3.8, 4) is 11.8 Å². The van der Waals surface area contributed by atoms with E-state index >= 15 is 0 Å². The van der Waals surface area contributed by atoms with Crippen molar-refractivity contribution in [2.75, 3.05) is 13.2 Å². The second-order valence-corrected chi connectivity index (χ2v) is 6.69. The number of hydrogen-bond acceptors (Lipinski definition) is 5. The summed E-state index contributed by atoms with van der Waals surface area (Å²) in [6.07, 6.45) is 0. The highest BCUT2D eigenvalue weighted by Gasteiger charge is 2.40. The number of nitrogens with zero attached hydrogens (tertiary/aromatic N) is 2. The van der Waals surface area contributed by atoms with Gasteiger partial charge >= 0.3 is 0 Å². The van der Waals surface area contributed by atoms with Gasteiger partial charge in [0.1, 0.15) is 17.3 Å². The topological polar surface area (TPSA) is 87.5 Å². The highest BCUT2D eigenvalue weighted by Crippen LogP contribution is 2.29. The van der Waals surface area contributed by atoms with Gasteiger partial charge in [0.15, 0.2) is 0 Å². The van der Waals surface area contributed by atoms with Crippen molar-refractivity contribution in [3.63, 3.8) is 0 Å².